The van der Waals surface area contributed by atoms with E-state index in [1.807, 2.05) is 0 Å². The van der Waals surface area contributed by atoms with E-state index in [4.69, 9.17) is 4.74 Å². The second-order valence-corrected chi connectivity index (χ2v) is 6.12. The van der Waals surface area contributed by atoms with Crippen molar-refractivity contribution in [2.75, 3.05) is 66.1 Å². The van der Waals surface area contributed by atoms with Crippen LogP contribution in [0.2, 0.25) is 0 Å². The topological polar surface area (TPSA) is 27.7 Å². The Kier molecular flexibility index (Phi) is 7.14. The van der Waals surface area contributed by atoms with Crippen molar-refractivity contribution < 1.29 is 4.74 Å². The van der Waals surface area contributed by atoms with E-state index >= 15 is 0 Å². The van der Waals surface area contributed by atoms with Crippen molar-refractivity contribution in [3.63, 3.8) is 0 Å². The maximum absolute atomic E-state index is 5.42. The summed E-state index contributed by atoms with van der Waals surface area (Å²) in [6.45, 7) is 10.6. The highest BCUT2D eigenvalue weighted by Gasteiger charge is 2.15. The molecule has 0 bridgehead atoms. The molecule has 0 radical (unpaired) electrons. The summed E-state index contributed by atoms with van der Waals surface area (Å²) in [5.41, 5.74) is 0. The first-order valence-electron chi connectivity index (χ1n) is 8.04. The van der Waals surface area contributed by atoms with Crippen LogP contribution < -0.4 is 5.32 Å². The third-order valence-electron chi connectivity index (χ3n) is 4.38. The highest BCUT2D eigenvalue weighted by Crippen LogP contribution is 2.15. The van der Waals surface area contributed by atoms with Gasteiger partial charge in [-0.25, -0.2) is 0 Å². The molecule has 4 nitrogen and oxygen atoms in total. The molecule has 0 amide bonds. The molecule has 2 heterocycles. The molecule has 0 aromatic rings. The summed E-state index contributed by atoms with van der Waals surface area (Å²) in [4.78, 5) is 5.11. The molecule has 2 saturated heterocycles. The Morgan fingerprint density at radius 1 is 1.16 bits per heavy atom. The second-order valence-electron chi connectivity index (χ2n) is 6.12. The number of unbranched alkanes of at least 4 members (excludes halogenated alkanes) is 1. The third-order valence-corrected chi connectivity index (χ3v) is 4.38. The fraction of sp³-hybridized carbons (Fsp3) is 1.00. The van der Waals surface area contributed by atoms with Crippen molar-refractivity contribution in [3.8, 4) is 0 Å². The third kappa shape index (κ3) is 6.21. The van der Waals surface area contributed by atoms with Crippen LogP contribution in [0.4, 0.5) is 0 Å². The largest absolute Gasteiger partial charge is 0.381 e. The highest BCUT2D eigenvalue weighted by molar-refractivity contribution is 4.69. The van der Waals surface area contributed by atoms with Crippen LogP contribution in [0, 0.1) is 5.92 Å². The highest BCUT2D eigenvalue weighted by atomic mass is 16.5. The van der Waals surface area contributed by atoms with Gasteiger partial charge in [0.1, 0.15) is 0 Å². The van der Waals surface area contributed by atoms with Crippen molar-refractivity contribution in [2.24, 2.45) is 5.92 Å². The van der Waals surface area contributed by atoms with Crippen LogP contribution in [0.15, 0.2) is 0 Å². The lowest BCUT2D eigenvalue weighted by molar-refractivity contribution is 0.0555. The van der Waals surface area contributed by atoms with Crippen LogP contribution >= 0.6 is 0 Å². The number of ether oxygens (including phenoxy) is 1. The lowest BCUT2D eigenvalue weighted by atomic mass is 10.00. The molecular weight excluding hydrogens is 238 g/mol. The predicted octanol–water partition coefficient (Wildman–Crippen LogP) is 1.03. The Bertz CT molecular complexity index is 225. The molecule has 2 aliphatic heterocycles. The summed E-state index contributed by atoms with van der Waals surface area (Å²) in [7, 11) is 2.28. The molecule has 0 aliphatic carbocycles. The van der Waals surface area contributed by atoms with E-state index in [2.05, 4.69) is 22.2 Å². The number of piperazine rings is 1. The average molecular weight is 269 g/mol. The van der Waals surface area contributed by atoms with E-state index in [9.17, 15) is 0 Å². The zero-order chi connectivity index (χ0) is 13.3. The minimum absolute atomic E-state index is 0.868. The smallest absolute Gasteiger partial charge is 0.0469 e. The van der Waals surface area contributed by atoms with Crippen molar-refractivity contribution in [2.45, 2.75) is 25.7 Å². The molecule has 4 heteroatoms. The van der Waals surface area contributed by atoms with Crippen LogP contribution in [0.3, 0.4) is 0 Å². The summed E-state index contributed by atoms with van der Waals surface area (Å²) in [5, 5.41) is 3.41. The summed E-state index contributed by atoms with van der Waals surface area (Å²) in [6, 6.07) is 0. The molecule has 2 fully saturated rings. The van der Waals surface area contributed by atoms with Gasteiger partial charge in [0.25, 0.3) is 0 Å². The van der Waals surface area contributed by atoms with Gasteiger partial charge in [-0.15, -0.1) is 0 Å². The molecular formula is C15H31N3O. The number of nitrogens with one attached hydrogen (secondary N) is 1. The van der Waals surface area contributed by atoms with Gasteiger partial charge in [0.15, 0.2) is 0 Å². The number of hydrogen-bond acceptors (Lipinski definition) is 4. The minimum atomic E-state index is 0.868. The zero-order valence-electron chi connectivity index (χ0n) is 12.6. The zero-order valence-corrected chi connectivity index (χ0v) is 12.6. The van der Waals surface area contributed by atoms with E-state index in [1.54, 1.807) is 0 Å². The van der Waals surface area contributed by atoms with E-state index in [-0.39, 0.29) is 0 Å². The Balaban J connectivity index is 1.47. The normalized spacial score (nSPS) is 23.1. The second kappa shape index (κ2) is 8.90. The molecule has 19 heavy (non-hydrogen) atoms. The average Bonchev–Trinajstić information content (AvgIpc) is 2.46. The fourth-order valence-electron chi connectivity index (χ4n) is 3.11. The molecule has 2 rings (SSSR count). The van der Waals surface area contributed by atoms with Crippen molar-refractivity contribution in [3.05, 3.63) is 0 Å². The summed E-state index contributed by atoms with van der Waals surface area (Å²) >= 11 is 0. The predicted molar refractivity (Wildman–Crippen MR) is 79.6 cm³/mol. The molecule has 0 aromatic heterocycles. The van der Waals surface area contributed by atoms with Crippen LogP contribution in [0.5, 0.6) is 0 Å². The Labute approximate surface area is 118 Å². The van der Waals surface area contributed by atoms with Crippen molar-refractivity contribution in [1.82, 2.24) is 15.1 Å². The van der Waals surface area contributed by atoms with E-state index < -0.39 is 0 Å². The Morgan fingerprint density at radius 3 is 2.63 bits per heavy atom. The number of nitrogens with zero attached hydrogens (tertiary/aromatic N) is 2. The van der Waals surface area contributed by atoms with Gasteiger partial charge >= 0.3 is 0 Å². The number of hydrogen-bond donors (Lipinski definition) is 1. The summed E-state index contributed by atoms with van der Waals surface area (Å²) < 4.78 is 5.42. The first-order chi connectivity index (χ1) is 9.34. The monoisotopic (exact) mass is 269 g/mol. The van der Waals surface area contributed by atoms with Gasteiger partial charge in [-0.3, -0.25) is 0 Å². The molecule has 0 atom stereocenters. The standard InChI is InChI=1S/C15H31N3O/c1-17(14-15-4-12-19-13-5-15)8-2-3-9-18-10-6-16-7-11-18/h15-16H,2-14H2,1H3. The maximum atomic E-state index is 5.42. The summed E-state index contributed by atoms with van der Waals surface area (Å²) in [6.07, 6.45) is 5.19. The number of rotatable bonds is 7. The fourth-order valence-corrected chi connectivity index (χ4v) is 3.11. The van der Waals surface area contributed by atoms with Gasteiger partial charge in [0, 0.05) is 45.9 Å². The van der Waals surface area contributed by atoms with Crippen molar-refractivity contribution >= 4 is 0 Å². The van der Waals surface area contributed by atoms with Crippen LogP contribution in [0.1, 0.15) is 25.7 Å². The molecule has 0 unspecified atom stereocenters. The molecule has 0 spiro atoms. The maximum Gasteiger partial charge on any atom is 0.0469 e. The van der Waals surface area contributed by atoms with Crippen LogP contribution in [-0.2, 0) is 4.74 Å². The minimum Gasteiger partial charge on any atom is -0.381 e. The van der Waals surface area contributed by atoms with E-state index in [0.717, 1.165) is 19.1 Å². The van der Waals surface area contributed by atoms with Gasteiger partial charge in [-0.2, -0.15) is 0 Å². The van der Waals surface area contributed by atoms with Gasteiger partial charge in [0.2, 0.25) is 0 Å². The lowest BCUT2D eigenvalue weighted by Gasteiger charge is -2.28. The van der Waals surface area contributed by atoms with Gasteiger partial charge in [-0.1, -0.05) is 0 Å². The quantitative estimate of drug-likeness (QED) is 0.699. The first-order valence-corrected chi connectivity index (χ1v) is 8.04. The molecule has 0 aromatic carbocycles. The van der Waals surface area contributed by atoms with E-state index in [0.29, 0.717) is 0 Å². The molecule has 0 saturated carbocycles. The Morgan fingerprint density at radius 2 is 1.89 bits per heavy atom. The van der Waals surface area contributed by atoms with Gasteiger partial charge in [-0.05, 0) is 51.7 Å². The Hall–Kier alpha value is -0.160. The molecule has 2 aliphatic rings. The SMILES string of the molecule is CN(CCCCN1CCNCC1)CC1CCOCC1. The van der Waals surface area contributed by atoms with Gasteiger partial charge < -0.3 is 19.9 Å². The van der Waals surface area contributed by atoms with Gasteiger partial charge in [0.05, 0.1) is 0 Å². The lowest BCUT2D eigenvalue weighted by Crippen LogP contribution is -2.43. The molecule has 1 N–H and O–H groups in total. The van der Waals surface area contributed by atoms with E-state index in [1.165, 1.54) is 71.5 Å². The van der Waals surface area contributed by atoms with Crippen LogP contribution in [0.25, 0.3) is 0 Å². The first kappa shape index (κ1) is 15.2. The van der Waals surface area contributed by atoms with Crippen molar-refractivity contribution in [1.29, 1.82) is 0 Å². The van der Waals surface area contributed by atoms with Crippen LogP contribution in [-0.4, -0.2) is 75.9 Å². The molecule has 112 valence electrons. The summed E-state index contributed by atoms with van der Waals surface area (Å²) in [5.74, 6) is 0.868.